The van der Waals surface area contributed by atoms with E-state index >= 15 is 0 Å². The van der Waals surface area contributed by atoms with Crippen LogP contribution in [-0.4, -0.2) is 0 Å². The van der Waals surface area contributed by atoms with Gasteiger partial charge in [-0.2, -0.15) is 0 Å². The lowest BCUT2D eigenvalue weighted by atomic mass is 9.71. The summed E-state index contributed by atoms with van der Waals surface area (Å²) in [6, 6.07) is 0. The Kier molecular flexibility index (Phi) is 13.8. The van der Waals surface area contributed by atoms with Gasteiger partial charge < -0.3 is 0 Å². The first-order valence-corrected chi connectivity index (χ1v) is 15.8. The molecule has 0 aromatic rings. The van der Waals surface area contributed by atoms with E-state index in [9.17, 15) is 0 Å². The molecular weight excluding hydrogens is 384 g/mol. The van der Waals surface area contributed by atoms with Crippen molar-refractivity contribution in [3.63, 3.8) is 0 Å². The molecule has 32 heavy (non-hydrogen) atoms. The summed E-state index contributed by atoms with van der Waals surface area (Å²) in [6.45, 7) is 2.41. The Balaban J connectivity index is 1.42. The largest absolute Gasteiger partial charge is 0.0654 e. The van der Waals surface area contributed by atoms with Crippen LogP contribution in [0.25, 0.3) is 0 Å². The molecule has 3 rings (SSSR count). The SMILES string of the molecule is CCCC1CCCCCCCCCCC(C2CCC(CCC3CCCCC3)CC2)CCC1. The van der Waals surface area contributed by atoms with Gasteiger partial charge in [0.05, 0.1) is 0 Å². The normalized spacial score (nSPS) is 33.3. The number of hydrogen-bond donors (Lipinski definition) is 0. The predicted octanol–water partition coefficient (Wildman–Crippen LogP) is 11.3. The third-order valence-corrected chi connectivity index (χ3v) is 10.1. The van der Waals surface area contributed by atoms with Gasteiger partial charge in [-0.05, 0) is 42.4 Å². The maximum atomic E-state index is 2.41. The molecule has 0 radical (unpaired) electrons. The van der Waals surface area contributed by atoms with Gasteiger partial charge in [-0.15, -0.1) is 0 Å². The molecule has 2 atom stereocenters. The molecule has 188 valence electrons. The van der Waals surface area contributed by atoms with Gasteiger partial charge in [-0.25, -0.2) is 0 Å². The van der Waals surface area contributed by atoms with Crippen molar-refractivity contribution in [3.05, 3.63) is 0 Å². The minimum atomic E-state index is 1.04. The van der Waals surface area contributed by atoms with Crippen LogP contribution in [0, 0.1) is 29.6 Å². The molecule has 3 saturated carbocycles. The lowest BCUT2D eigenvalue weighted by Gasteiger charge is -2.35. The average Bonchev–Trinajstić information content (AvgIpc) is 2.84. The van der Waals surface area contributed by atoms with Crippen LogP contribution in [0.2, 0.25) is 0 Å². The standard InChI is InChI=1S/C32H60/c1-2-15-28-16-10-7-5-3-4-6-8-13-20-31(21-14-19-28)32-26-24-30(25-27-32)23-22-29-17-11-9-12-18-29/h28-32H,2-27H2,1H3. The predicted molar refractivity (Wildman–Crippen MR) is 143 cm³/mol. The van der Waals surface area contributed by atoms with Crippen LogP contribution in [0.1, 0.15) is 174 Å². The van der Waals surface area contributed by atoms with Crippen LogP contribution in [-0.2, 0) is 0 Å². The van der Waals surface area contributed by atoms with Crippen LogP contribution < -0.4 is 0 Å². The van der Waals surface area contributed by atoms with Crippen LogP contribution >= 0.6 is 0 Å². The molecule has 0 nitrogen and oxygen atoms in total. The highest BCUT2D eigenvalue weighted by Gasteiger charge is 2.28. The smallest absolute Gasteiger partial charge is 0.0386 e. The van der Waals surface area contributed by atoms with Crippen LogP contribution in [0.15, 0.2) is 0 Å². The second-order valence-electron chi connectivity index (χ2n) is 12.6. The molecule has 0 heteroatoms. The molecule has 3 fully saturated rings. The molecule has 2 unspecified atom stereocenters. The van der Waals surface area contributed by atoms with Crippen molar-refractivity contribution in [3.8, 4) is 0 Å². The third kappa shape index (κ3) is 10.5. The van der Waals surface area contributed by atoms with Gasteiger partial charge in [0.15, 0.2) is 0 Å². The Morgan fingerprint density at radius 2 is 0.719 bits per heavy atom. The van der Waals surface area contributed by atoms with Gasteiger partial charge in [-0.1, -0.05) is 161 Å². The van der Waals surface area contributed by atoms with E-state index in [0.717, 1.165) is 29.6 Å². The lowest BCUT2D eigenvalue weighted by molar-refractivity contribution is 0.167. The van der Waals surface area contributed by atoms with E-state index < -0.39 is 0 Å². The van der Waals surface area contributed by atoms with Gasteiger partial charge >= 0.3 is 0 Å². The van der Waals surface area contributed by atoms with E-state index in [1.807, 2.05) is 0 Å². The Hall–Kier alpha value is 0. The fourth-order valence-corrected chi connectivity index (χ4v) is 7.92. The van der Waals surface area contributed by atoms with E-state index in [-0.39, 0.29) is 0 Å². The van der Waals surface area contributed by atoms with E-state index in [0.29, 0.717) is 0 Å². The Labute approximate surface area is 203 Å². The summed E-state index contributed by atoms with van der Waals surface area (Å²) in [5.41, 5.74) is 0. The molecule has 0 N–H and O–H groups in total. The van der Waals surface area contributed by atoms with Crippen molar-refractivity contribution in [2.45, 2.75) is 174 Å². The van der Waals surface area contributed by atoms with Crippen LogP contribution in [0.5, 0.6) is 0 Å². The van der Waals surface area contributed by atoms with E-state index in [1.54, 1.807) is 70.6 Å². The first-order chi connectivity index (χ1) is 15.8. The Morgan fingerprint density at radius 3 is 1.31 bits per heavy atom. The molecule has 3 aliphatic rings. The van der Waals surface area contributed by atoms with E-state index in [4.69, 9.17) is 0 Å². The van der Waals surface area contributed by atoms with Gasteiger partial charge in [0.25, 0.3) is 0 Å². The number of rotatable bonds is 6. The molecule has 0 bridgehead atoms. The molecule has 0 amide bonds. The highest BCUT2D eigenvalue weighted by atomic mass is 14.3. The second-order valence-corrected chi connectivity index (χ2v) is 12.6. The molecule has 0 saturated heterocycles. The molecule has 3 aliphatic carbocycles. The summed E-state index contributed by atoms with van der Waals surface area (Å²) >= 11 is 0. The zero-order valence-electron chi connectivity index (χ0n) is 22.3. The molecular formula is C32H60. The molecule has 0 spiro atoms. The fraction of sp³-hybridized carbons (Fsp3) is 1.00. The maximum absolute atomic E-state index is 2.41. The Morgan fingerprint density at radius 1 is 0.344 bits per heavy atom. The van der Waals surface area contributed by atoms with Crippen molar-refractivity contribution < 1.29 is 0 Å². The van der Waals surface area contributed by atoms with Crippen molar-refractivity contribution in [1.82, 2.24) is 0 Å². The average molecular weight is 445 g/mol. The van der Waals surface area contributed by atoms with Crippen LogP contribution in [0.4, 0.5) is 0 Å². The van der Waals surface area contributed by atoms with Crippen molar-refractivity contribution >= 4 is 0 Å². The summed E-state index contributed by atoms with van der Waals surface area (Å²) in [4.78, 5) is 0. The van der Waals surface area contributed by atoms with Crippen molar-refractivity contribution in [1.29, 1.82) is 0 Å². The van der Waals surface area contributed by atoms with E-state index in [2.05, 4.69) is 6.92 Å². The lowest BCUT2D eigenvalue weighted by Crippen LogP contribution is -2.23. The first-order valence-electron chi connectivity index (χ1n) is 15.8. The summed E-state index contributed by atoms with van der Waals surface area (Å²) in [5, 5.41) is 0. The fourth-order valence-electron chi connectivity index (χ4n) is 7.92. The highest BCUT2D eigenvalue weighted by molar-refractivity contribution is 4.80. The number of hydrogen-bond acceptors (Lipinski definition) is 0. The molecule has 0 heterocycles. The zero-order valence-corrected chi connectivity index (χ0v) is 22.3. The van der Waals surface area contributed by atoms with Gasteiger partial charge in [0, 0.05) is 0 Å². The van der Waals surface area contributed by atoms with Crippen LogP contribution in [0.3, 0.4) is 0 Å². The quantitative estimate of drug-likeness (QED) is 0.382. The minimum Gasteiger partial charge on any atom is -0.0654 e. The minimum absolute atomic E-state index is 1.04. The zero-order chi connectivity index (χ0) is 22.3. The Bertz CT molecular complexity index is 425. The maximum Gasteiger partial charge on any atom is -0.0386 e. The topological polar surface area (TPSA) is 0 Å². The summed E-state index contributed by atoms with van der Waals surface area (Å²) in [7, 11) is 0. The summed E-state index contributed by atoms with van der Waals surface area (Å²) in [5.74, 6) is 5.38. The van der Waals surface area contributed by atoms with E-state index in [1.165, 1.54) is 96.3 Å². The third-order valence-electron chi connectivity index (χ3n) is 10.1. The first kappa shape index (κ1) is 26.6. The van der Waals surface area contributed by atoms with Crippen molar-refractivity contribution in [2.24, 2.45) is 29.6 Å². The van der Waals surface area contributed by atoms with Gasteiger partial charge in [0.2, 0.25) is 0 Å². The molecule has 0 aromatic carbocycles. The monoisotopic (exact) mass is 444 g/mol. The summed E-state index contributed by atoms with van der Waals surface area (Å²) in [6.07, 6.45) is 39.9. The van der Waals surface area contributed by atoms with Crippen molar-refractivity contribution in [2.75, 3.05) is 0 Å². The molecule has 0 aliphatic heterocycles. The van der Waals surface area contributed by atoms with Gasteiger partial charge in [-0.3, -0.25) is 0 Å². The molecule has 0 aromatic heterocycles. The summed E-state index contributed by atoms with van der Waals surface area (Å²) < 4.78 is 0. The highest BCUT2D eigenvalue weighted by Crippen LogP contribution is 2.41. The second kappa shape index (κ2) is 16.6. The van der Waals surface area contributed by atoms with Gasteiger partial charge in [0.1, 0.15) is 0 Å².